The third-order valence-electron chi connectivity index (χ3n) is 3.19. The van der Waals surface area contributed by atoms with Gasteiger partial charge >= 0.3 is 5.97 Å². The van der Waals surface area contributed by atoms with Crippen LogP contribution in [0.25, 0.3) is 0 Å². The van der Waals surface area contributed by atoms with E-state index >= 15 is 0 Å². The Morgan fingerprint density at radius 2 is 1.83 bits per heavy atom. The molecule has 0 amide bonds. The Bertz CT molecular complexity index is 247. The number of rotatable bonds is 8. The van der Waals surface area contributed by atoms with Crippen LogP contribution in [0.1, 0.15) is 47.5 Å². The van der Waals surface area contributed by atoms with E-state index in [1.165, 1.54) is 14.0 Å². The van der Waals surface area contributed by atoms with Crippen LogP contribution in [0.2, 0.25) is 0 Å². The van der Waals surface area contributed by atoms with E-state index in [4.69, 9.17) is 0 Å². The summed E-state index contributed by atoms with van der Waals surface area (Å²) in [7, 11) is 1.31. The van der Waals surface area contributed by atoms with Crippen LogP contribution in [0, 0.1) is 5.92 Å². The fourth-order valence-electron chi connectivity index (χ4n) is 2.30. The van der Waals surface area contributed by atoms with Crippen LogP contribution in [0.3, 0.4) is 0 Å². The van der Waals surface area contributed by atoms with Crippen molar-refractivity contribution in [3.05, 3.63) is 0 Å². The van der Waals surface area contributed by atoms with Gasteiger partial charge in [0.05, 0.1) is 7.11 Å². The van der Waals surface area contributed by atoms with E-state index in [2.05, 4.69) is 37.3 Å². The van der Waals surface area contributed by atoms with E-state index in [1.54, 1.807) is 0 Å². The van der Waals surface area contributed by atoms with Crippen molar-refractivity contribution in [1.82, 2.24) is 4.90 Å². The lowest BCUT2D eigenvalue weighted by molar-refractivity contribution is -0.163. The predicted octanol–water partition coefficient (Wildman–Crippen LogP) is 2.06. The number of methoxy groups -OCH3 is 1. The van der Waals surface area contributed by atoms with Crippen LogP contribution in [-0.2, 0) is 9.53 Å². The third-order valence-corrected chi connectivity index (χ3v) is 3.19. The molecule has 1 unspecified atom stereocenters. The van der Waals surface area contributed by atoms with Crippen molar-refractivity contribution in [2.24, 2.45) is 5.92 Å². The maximum absolute atomic E-state index is 11.6. The quantitative estimate of drug-likeness (QED) is 0.678. The molecule has 18 heavy (non-hydrogen) atoms. The summed E-state index contributed by atoms with van der Waals surface area (Å²) >= 11 is 0. The van der Waals surface area contributed by atoms with Gasteiger partial charge in [0.25, 0.3) is 0 Å². The van der Waals surface area contributed by atoms with Crippen LogP contribution >= 0.6 is 0 Å². The van der Waals surface area contributed by atoms with Crippen molar-refractivity contribution in [3.8, 4) is 0 Å². The van der Waals surface area contributed by atoms with E-state index in [9.17, 15) is 9.90 Å². The normalized spacial score (nSPS) is 15.2. The molecular formula is C14H29NO3. The predicted molar refractivity (Wildman–Crippen MR) is 73.4 cm³/mol. The minimum atomic E-state index is -1.44. The first-order valence-electron chi connectivity index (χ1n) is 6.83. The molecule has 4 heteroatoms. The molecule has 0 rings (SSSR count). The molecule has 0 aromatic carbocycles. The number of hydrogen-bond acceptors (Lipinski definition) is 4. The Kier molecular flexibility index (Phi) is 7.48. The standard InChI is InChI=1S/C14H29NO3/c1-7-12(8-2)15(9-11(3)4)10-14(5,17)13(16)18-6/h11-12,17H,7-10H2,1-6H3. The Hall–Kier alpha value is -0.610. The van der Waals surface area contributed by atoms with Crippen LogP contribution < -0.4 is 0 Å². The molecule has 0 saturated carbocycles. The molecular weight excluding hydrogens is 230 g/mol. The Morgan fingerprint density at radius 3 is 2.17 bits per heavy atom. The summed E-state index contributed by atoms with van der Waals surface area (Å²) < 4.78 is 4.65. The van der Waals surface area contributed by atoms with Gasteiger partial charge in [-0.1, -0.05) is 27.7 Å². The number of aliphatic hydroxyl groups is 1. The van der Waals surface area contributed by atoms with Crippen molar-refractivity contribution < 1.29 is 14.6 Å². The van der Waals surface area contributed by atoms with Gasteiger partial charge in [-0.2, -0.15) is 0 Å². The minimum absolute atomic E-state index is 0.324. The van der Waals surface area contributed by atoms with E-state index in [0.717, 1.165) is 19.4 Å². The summed E-state index contributed by atoms with van der Waals surface area (Å²) in [5.41, 5.74) is -1.44. The highest BCUT2D eigenvalue weighted by Crippen LogP contribution is 2.17. The largest absolute Gasteiger partial charge is 0.467 e. The minimum Gasteiger partial charge on any atom is -0.467 e. The van der Waals surface area contributed by atoms with Crippen molar-refractivity contribution in [2.45, 2.75) is 59.1 Å². The zero-order chi connectivity index (χ0) is 14.3. The second kappa shape index (κ2) is 7.74. The fraction of sp³-hybridized carbons (Fsp3) is 0.929. The monoisotopic (exact) mass is 259 g/mol. The van der Waals surface area contributed by atoms with E-state index in [0.29, 0.717) is 18.5 Å². The molecule has 1 N–H and O–H groups in total. The number of ether oxygens (including phenoxy) is 1. The lowest BCUT2D eigenvalue weighted by Gasteiger charge is -2.36. The first kappa shape index (κ1) is 17.4. The second-order valence-electron chi connectivity index (χ2n) is 5.56. The van der Waals surface area contributed by atoms with Gasteiger partial charge in [-0.3, -0.25) is 4.90 Å². The van der Waals surface area contributed by atoms with Crippen LogP contribution in [-0.4, -0.2) is 47.8 Å². The maximum atomic E-state index is 11.6. The van der Waals surface area contributed by atoms with Gasteiger partial charge in [0.2, 0.25) is 0 Å². The molecule has 0 spiro atoms. The maximum Gasteiger partial charge on any atom is 0.338 e. The fourth-order valence-corrected chi connectivity index (χ4v) is 2.30. The Labute approximate surface area is 111 Å². The highest BCUT2D eigenvalue weighted by Gasteiger charge is 2.35. The number of nitrogens with zero attached hydrogens (tertiary/aromatic N) is 1. The average molecular weight is 259 g/mol. The first-order chi connectivity index (χ1) is 8.28. The van der Waals surface area contributed by atoms with Crippen molar-refractivity contribution >= 4 is 5.97 Å². The van der Waals surface area contributed by atoms with Gasteiger partial charge in [0, 0.05) is 19.1 Å². The van der Waals surface area contributed by atoms with Gasteiger partial charge in [-0.05, 0) is 25.7 Å². The molecule has 0 fully saturated rings. The number of carbonyl (C=O) groups is 1. The molecule has 0 aliphatic carbocycles. The molecule has 0 bridgehead atoms. The lowest BCUT2D eigenvalue weighted by atomic mass is 10.0. The summed E-state index contributed by atoms with van der Waals surface area (Å²) in [5.74, 6) is -0.0683. The van der Waals surface area contributed by atoms with Gasteiger partial charge in [0.15, 0.2) is 5.60 Å². The smallest absolute Gasteiger partial charge is 0.338 e. The molecule has 0 radical (unpaired) electrons. The SMILES string of the molecule is CCC(CC)N(CC(C)C)CC(C)(O)C(=O)OC. The summed E-state index contributed by atoms with van der Waals surface area (Å²) in [6.07, 6.45) is 2.03. The molecule has 0 aromatic rings. The Morgan fingerprint density at radius 1 is 1.33 bits per heavy atom. The molecule has 0 aliphatic rings. The van der Waals surface area contributed by atoms with Crippen molar-refractivity contribution in [1.29, 1.82) is 0 Å². The number of carbonyl (C=O) groups excluding carboxylic acids is 1. The highest BCUT2D eigenvalue weighted by molar-refractivity contribution is 5.78. The van der Waals surface area contributed by atoms with Crippen molar-refractivity contribution in [2.75, 3.05) is 20.2 Å². The van der Waals surface area contributed by atoms with Gasteiger partial charge in [-0.15, -0.1) is 0 Å². The third kappa shape index (κ3) is 5.36. The average Bonchev–Trinajstić information content (AvgIpc) is 2.28. The molecule has 0 saturated heterocycles. The van der Waals surface area contributed by atoms with Crippen LogP contribution in [0.15, 0.2) is 0 Å². The summed E-state index contributed by atoms with van der Waals surface area (Å²) in [6, 6.07) is 0.392. The van der Waals surface area contributed by atoms with E-state index in [-0.39, 0.29) is 0 Å². The van der Waals surface area contributed by atoms with Crippen LogP contribution in [0.4, 0.5) is 0 Å². The summed E-state index contributed by atoms with van der Waals surface area (Å²) in [5, 5.41) is 10.2. The molecule has 4 nitrogen and oxygen atoms in total. The second-order valence-corrected chi connectivity index (χ2v) is 5.56. The van der Waals surface area contributed by atoms with E-state index < -0.39 is 11.6 Å². The first-order valence-corrected chi connectivity index (χ1v) is 6.83. The number of hydrogen-bond donors (Lipinski definition) is 1. The molecule has 0 aromatic heterocycles. The van der Waals surface area contributed by atoms with Gasteiger partial charge in [0.1, 0.15) is 0 Å². The zero-order valence-corrected chi connectivity index (χ0v) is 12.7. The number of esters is 1. The zero-order valence-electron chi connectivity index (χ0n) is 12.7. The molecule has 1 atom stereocenters. The lowest BCUT2D eigenvalue weighted by Crippen LogP contribution is -2.51. The molecule has 0 aliphatic heterocycles. The topological polar surface area (TPSA) is 49.8 Å². The summed E-state index contributed by atoms with van der Waals surface area (Å²) in [4.78, 5) is 13.8. The Balaban J connectivity index is 4.82. The van der Waals surface area contributed by atoms with Crippen LogP contribution in [0.5, 0.6) is 0 Å². The molecule has 108 valence electrons. The van der Waals surface area contributed by atoms with Crippen molar-refractivity contribution in [3.63, 3.8) is 0 Å². The molecule has 0 heterocycles. The van der Waals surface area contributed by atoms with Gasteiger partial charge in [-0.25, -0.2) is 4.79 Å². The highest BCUT2D eigenvalue weighted by atomic mass is 16.5. The summed E-state index contributed by atoms with van der Waals surface area (Å²) in [6.45, 7) is 11.3. The van der Waals surface area contributed by atoms with E-state index in [1.807, 2.05) is 0 Å². The van der Waals surface area contributed by atoms with Gasteiger partial charge < -0.3 is 9.84 Å².